The average Bonchev–Trinajstić information content (AvgIpc) is 2.96. The third-order valence-electron chi connectivity index (χ3n) is 5.59. The minimum Gasteiger partial charge on any atom is -0.371 e. The third-order valence-corrected chi connectivity index (χ3v) is 5.85. The number of aryl methyl sites for hydroxylation is 1. The van der Waals surface area contributed by atoms with Crippen molar-refractivity contribution in [3.8, 4) is 0 Å². The molecule has 5 heteroatoms. The zero-order chi connectivity index (χ0) is 18.6. The summed E-state index contributed by atoms with van der Waals surface area (Å²) in [5, 5.41) is 2.12. The number of piperidine rings is 1. The molecule has 1 aromatic heterocycles. The molecule has 0 bridgehead atoms. The first-order chi connectivity index (χ1) is 13.2. The normalized spacial score (nSPS) is 14.9. The van der Waals surface area contributed by atoms with Gasteiger partial charge in [-0.2, -0.15) is 0 Å². The minimum absolute atomic E-state index is 0. The first-order valence-electron chi connectivity index (χ1n) is 9.82. The second-order valence-corrected chi connectivity index (χ2v) is 7.89. The van der Waals surface area contributed by atoms with E-state index in [0.29, 0.717) is 13.2 Å². The van der Waals surface area contributed by atoms with Gasteiger partial charge in [0.05, 0.1) is 13.2 Å². The zero-order valence-corrected chi connectivity index (χ0v) is 17.9. The van der Waals surface area contributed by atoms with E-state index in [0.717, 1.165) is 17.1 Å². The van der Waals surface area contributed by atoms with Crippen LogP contribution in [-0.2, 0) is 31.5 Å². The second-order valence-electron chi connectivity index (χ2n) is 7.46. The van der Waals surface area contributed by atoms with Crippen LogP contribution in [0.3, 0.4) is 0 Å². The van der Waals surface area contributed by atoms with Crippen molar-refractivity contribution in [2.24, 2.45) is 7.05 Å². The number of para-hydroxylation sites is 1. The Morgan fingerprint density at radius 2 is 1.64 bits per heavy atom. The topological polar surface area (TPSA) is 17.4 Å². The van der Waals surface area contributed by atoms with Crippen LogP contribution in [0.15, 0.2) is 48.5 Å². The van der Waals surface area contributed by atoms with Gasteiger partial charge in [0.15, 0.2) is 0 Å². The van der Waals surface area contributed by atoms with Crippen molar-refractivity contribution in [1.82, 2.24) is 9.47 Å². The number of likely N-dealkylation sites (tertiary alicyclic amines) is 1. The molecule has 4 rings (SSSR count). The molecular formula is C23H28Cl2N2O. The number of hydrogen-bond acceptors (Lipinski definition) is 2. The van der Waals surface area contributed by atoms with Crippen molar-refractivity contribution in [3.63, 3.8) is 0 Å². The molecule has 0 amide bonds. The van der Waals surface area contributed by atoms with Crippen LogP contribution >= 0.6 is 24.0 Å². The van der Waals surface area contributed by atoms with E-state index in [1.807, 2.05) is 24.3 Å². The lowest BCUT2D eigenvalue weighted by Crippen LogP contribution is -2.29. The fraction of sp³-hybridized carbons (Fsp3) is 0.391. The first kappa shape index (κ1) is 21.2. The van der Waals surface area contributed by atoms with E-state index < -0.39 is 0 Å². The van der Waals surface area contributed by atoms with Gasteiger partial charge in [-0.3, -0.25) is 4.90 Å². The van der Waals surface area contributed by atoms with Gasteiger partial charge in [-0.05, 0) is 55.3 Å². The molecule has 2 heterocycles. The predicted molar refractivity (Wildman–Crippen MR) is 119 cm³/mol. The van der Waals surface area contributed by atoms with Gasteiger partial charge in [0.1, 0.15) is 0 Å². The van der Waals surface area contributed by atoms with Crippen LogP contribution in [-0.4, -0.2) is 22.6 Å². The monoisotopic (exact) mass is 418 g/mol. The van der Waals surface area contributed by atoms with Gasteiger partial charge in [0.2, 0.25) is 0 Å². The van der Waals surface area contributed by atoms with Crippen LogP contribution in [0.25, 0.3) is 10.9 Å². The van der Waals surface area contributed by atoms with Crippen molar-refractivity contribution < 1.29 is 4.74 Å². The van der Waals surface area contributed by atoms with Gasteiger partial charge in [0, 0.05) is 35.2 Å². The highest BCUT2D eigenvalue weighted by Gasteiger charge is 2.19. The number of aromatic nitrogens is 1. The highest BCUT2D eigenvalue weighted by molar-refractivity contribution is 6.30. The summed E-state index contributed by atoms with van der Waals surface area (Å²) in [7, 11) is 2.16. The Labute approximate surface area is 178 Å². The summed E-state index contributed by atoms with van der Waals surface area (Å²) in [4.78, 5) is 2.59. The second kappa shape index (κ2) is 9.80. The number of ether oxygens (including phenoxy) is 1. The summed E-state index contributed by atoms with van der Waals surface area (Å²) in [5.41, 5.74) is 5.15. The third kappa shape index (κ3) is 4.72. The number of nitrogens with zero attached hydrogens (tertiary/aromatic N) is 2. The van der Waals surface area contributed by atoms with E-state index in [1.165, 1.54) is 54.5 Å². The molecule has 1 aliphatic heterocycles. The van der Waals surface area contributed by atoms with E-state index in [9.17, 15) is 0 Å². The molecule has 1 aliphatic rings. The molecule has 2 aromatic carbocycles. The molecule has 0 spiro atoms. The van der Waals surface area contributed by atoms with Crippen molar-refractivity contribution >= 4 is 34.9 Å². The fourth-order valence-electron chi connectivity index (χ4n) is 4.07. The predicted octanol–water partition coefficient (Wildman–Crippen LogP) is 5.96. The Morgan fingerprint density at radius 3 is 2.39 bits per heavy atom. The van der Waals surface area contributed by atoms with Crippen molar-refractivity contribution in [2.45, 2.75) is 39.0 Å². The molecule has 1 fully saturated rings. The molecule has 0 N–H and O–H groups in total. The van der Waals surface area contributed by atoms with E-state index >= 15 is 0 Å². The average molecular weight is 419 g/mol. The van der Waals surface area contributed by atoms with Gasteiger partial charge < -0.3 is 9.30 Å². The molecule has 3 aromatic rings. The van der Waals surface area contributed by atoms with Crippen LogP contribution in [0, 0.1) is 0 Å². The summed E-state index contributed by atoms with van der Waals surface area (Å²) in [6.45, 7) is 4.64. The first-order valence-corrected chi connectivity index (χ1v) is 10.2. The highest BCUT2D eigenvalue weighted by Crippen LogP contribution is 2.28. The van der Waals surface area contributed by atoms with Crippen LogP contribution in [0.5, 0.6) is 0 Å². The maximum absolute atomic E-state index is 6.10. The van der Waals surface area contributed by atoms with E-state index in [-0.39, 0.29) is 12.4 Å². The van der Waals surface area contributed by atoms with Gasteiger partial charge in [0.25, 0.3) is 0 Å². The number of halogens is 2. The Hall–Kier alpha value is -1.52. The van der Waals surface area contributed by atoms with Crippen molar-refractivity contribution in [2.75, 3.05) is 13.1 Å². The molecule has 0 saturated carbocycles. The van der Waals surface area contributed by atoms with Crippen LogP contribution in [0.4, 0.5) is 0 Å². The number of hydrogen-bond donors (Lipinski definition) is 0. The van der Waals surface area contributed by atoms with Gasteiger partial charge >= 0.3 is 0 Å². The molecular weight excluding hydrogens is 391 g/mol. The fourth-order valence-corrected chi connectivity index (χ4v) is 4.20. The molecule has 0 radical (unpaired) electrons. The Bertz CT molecular complexity index is 899. The molecule has 28 heavy (non-hydrogen) atoms. The summed E-state index contributed by atoms with van der Waals surface area (Å²) >= 11 is 5.97. The summed E-state index contributed by atoms with van der Waals surface area (Å²) < 4.78 is 8.41. The lowest BCUT2D eigenvalue weighted by atomic mass is 10.1. The van der Waals surface area contributed by atoms with Gasteiger partial charge in [-0.25, -0.2) is 0 Å². The molecule has 3 nitrogen and oxygen atoms in total. The summed E-state index contributed by atoms with van der Waals surface area (Å²) in [6.07, 6.45) is 3.99. The molecule has 150 valence electrons. The minimum atomic E-state index is 0. The van der Waals surface area contributed by atoms with Crippen molar-refractivity contribution in [1.29, 1.82) is 0 Å². The number of rotatable bonds is 6. The van der Waals surface area contributed by atoms with E-state index in [2.05, 4.69) is 40.8 Å². The quantitative estimate of drug-likeness (QED) is 0.491. The van der Waals surface area contributed by atoms with Crippen LogP contribution in [0.1, 0.15) is 36.1 Å². The van der Waals surface area contributed by atoms with Crippen molar-refractivity contribution in [3.05, 3.63) is 70.4 Å². The van der Waals surface area contributed by atoms with E-state index in [1.54, 1.807) is 0 Å². The largest absolute Gasteiger partial charge is 0.371 e. The Balaban J connectivity index is 0.00000225. The summed E-state index contributed by atoms with van der Waals surface area (Å²) in [6, 6.07) is 16.6. The lowest BCUT2D eigenvalue weighted by molar-refractivity contribution is 0.101. The maximum Gasteiger partial charge on any atom is 0.0875 e. The zero-order valence-electron chi connectivity index (χ0n) is 16.4. The Kier molecular flexibility index (Phi) is 7.42. The number of benzene rings is 2. The molecule has 1 saturated heterocycles. The van der Waals surface area contributed by atoms with Crippen LogP contribution < -0.4 is 0 Å². The summed E-state index contributed by atoms with van der Waals surface area (Å²) in [5.74, 6) is 0. The molecule has 0 aliphatic carbocycles. The smallest absolute Gasteiger partial charge is 0.0875 e. The molecule has 0 unspecified atom stereocenters. The SMILES string of the molecule is Cl.Cn1c(COCc2ccc(Cl)cc2)c(CN2CCCCC2)c2ccccc21. The standard InChI is InChI=1S/C23H27ClN2O.ClH/c1-25-22-8-4-3-7-20(22)21(15-26-13-5-2-6-14-26)23(25)17-27-16-18-9-11-19(24)12-10-18;/h3-4,7-12H,2,5-6,13-17H2,1H3;1H. The van der Waals surface area contributed by atoms with Crippen LogP contribution in [0.2, 0.25) is 5.02 Å². The van der Waals surface area contributed by atoms with E-state index in [4.69, 9.17) is 16.3 Å². The number of fused-ring (bicyclic) bond motifs is 1. The highest BCUT2D eigenvalue weighted by atomic mass is 35.5. The lowest BCUT2D eigenvalue weighted by Gasteiger charge is -2.26. The maximum atomic E-state index is 6.10. The van der Waals surface area contributed by atoms with Gasteiger partial charge in [-0.1, -0.05) is 48.4 Å². The van der Waals surface area contributed by atoms with Gasteiger partial charge in [-0.15, -0.1) is 12.4 Å². The molecule has 0 atom stereocenters. The Morgan fingerprint density at radius 1 is 0.929 bits per heavy atom.